The Bertz CT molecular complexity index is 206. The normalized spacial score (nSPS) is 21.2. The van der Waals surface area contributed by atoms with Crippen LogP contribution in [0.4, 0.5) is 0 Å². The number of hydrogen-bond donors (Lipinski definition) is 1. The van der Waals surface area contributed by atoms with E-state index in [-0.39, 0.29) is 0 Å². The van der Waals surface area contributed by atoms with E-state index in [9.17, 15) is 0 Å². The highest BCUT2D eigenvalue weighted by Crippen LogP contribution is 2.04. The Kier molecular flexibility index (Phi) is 7.87. The highest BCUT2D eigenvalue weighted by Gasteiger charge is 2.11. The van der Waals surface area contributed by atoms with Gasteiger partial charge in [-0.3, -0.25) is 0 Å². The van der Waals surface area contributed by atoms with Crippen molar-refractivity contribution in [3.8, 4) is 0 Å². The minimum atomic E-state index is 0.667. The molecule has 0 aromatic heterocycles. The second-order valence-electron chi connectivity index (χ2n) is 6.34. The fraction of sp³-hybridized carbons (Fsp3) is 1.00. The van der Waals surface area contributed by atoms with Crippen molar-refractivity contribution in [1.29, 1.82) is 0 Å². The summed E-state index contributed by atoms with van der Waals surface area (Å²) in [5, 5.41) is 3.64. The molecule has 3 nitrogen and oxygen atoms in total. The standard InChI is InChI=1S/C15H33N3/c1-14(2)13-15(3)16-7-5-9-18-10-6-8-17(4)11-12-18/h14-16H,5-13H2,1-4H3/t15-/m1/s1. The predicted octanol–water partition coefficient (Wildman–Crippen LogP) is 2.04. The van der Waals surface area contributed by atoms with E-state index in [4.69, 9.17) is 0 Å². The molecule has 1 N–H and O–H groups in total. The molecule has 18 heavy (non-hydrogen) atoms. The van der Waals surface area contributed by atoms with Crippen molar-refractivity contribution in [1.82, 2.24) is 15.1 Å². The van der Waals surface area contributed by atoms with Crippen LogP contribution < -0.4 is 5.32 Å². The molecule has 0 aliphatic carbocycles. The minimum absolute atomic E-state index is 0.667. The van der Waals surface area contributed by atoms with Gasteiger partial charge in [0.05, 0.1) is 0 Å². The van der Waals surface area contributed by atoms with Gasteiger partial charge >= 0.3 is 0 Å². The topological polar surface area (TPSA) is 18.5 Å². The number of hydrogen-bond acceptors (Lipinski definition) is 3. The van der Waals surface area contributed by atoms with Crippen LogP contribution in [0.5, 0.6) is 0 Å². The Labute approximate surface area is 114 Å². The minimum Gasteiger partial charge on any atom is -0.314 e. The fourth-order valence-corrected chi connectivity index (χ4v) is 2.77. The zero-order valence-electron chi connectivity index (χ0n) is 12.9. The van der Waals surface area contributed by atoms with Crippen molar-refractivity contribution < 1.29 is 0 Å². The van der Waals surface area contributed by atoms with E-state index in [0.717, 1.165) is 5.92 Å². The van der Waals surface area contributed by atoms with Crippen LogP contribution in [0.2, 0.25) is 0 Å². The third-order valence-electron chi connectivity index (χ3n) is 3.78. The average molecular weight is 255 g/mol. The Hall–Kier alpha value is -0.120. The van der Waals surface area contributed by atoms with Crippen LogP contribution in [0.1, 0.15) is 40.0 Å². The first-order valence-electron chi connectivity index (χ1n) is 7.72. The van der Waals surface area contributed by atoms with Gasteiger partial charge in [0.25, 0.3) is 0 Å². The molecule has 0 amide bonds. The molecule has 0 bridgehead atoms. The van der Waals surface area contributed by atoms with Crippen LogP contribution in [0.25, 0.3) is 0 Å². The lowest BCUT2D eigenvalue weighted by molar-refractivity contribution is 0.270. The molecule has 1 atom stereocenters. The molecule has 0 spiro atoms. The molecule has 1 heterocycles. The molecular weight excluding hydrogens is 222 g/mol. The molecule has 0 unspecified atom stereocenters. The smallest absolute Gasteiger partial charge is 0.0109 e. The van der Waals surface area contributed by atoms with E-state index >= 15 is 0 Å². The molecule has 0 radical (unpaired) electrons. The Morgan fingerprint density at radius 1 is 1.06 bits per heavy atom. The highest BCUT2D eigenvalue weighted by molar-refractivity contribution is 4.68. The number of nitrogens with zero attached hydrogens (tertiary/aromatic N) is 2. The third kappa shape index (κ3) is 7.34. The Balaban J connectivity index is 2.03. The van der Waals surface area contributed by atoms with Crippen LogP contribution in [-0.2, 0) is 0 Å². The van der Waals surface area contributed by atoms with Crippen molar-refractivity contribution in [2.45, 2.75) is 46.1 Å². The molecule has 3 heteroatoms. The third-order valence-corrected chi connectivity index (χ3v) is 3.78. The summed E-state index contributed by atoms with van der Waals surface area (Å²) in [5.74, 6) is 0.800. The van der Waals surface area contributed by atoms with Gasteiger partial charge in [-0.15, -0.1) is 0 Å². The van der Waals surface area contributed by atoms with Crippen LogP contribution in [-0.4, -0.2) is 62.2 Å². The van der Waals surface area contributed by atoms with Gasteiger partial charge in [0.1, 0.15) is 0 Å². The lowest BCUT2D eigenvalue weighted by atomic mass is 10.1. The first kappa shape index (κ1) is 15.9. The quantitative estimate of drug-likeness (QED) is 0.702. The Morgan fingerprint density at radius 2 is 1.83 bits per heavy atom. The van der Waals surface area contributed by atoms with E-state index in [0.29, 0.717) is 6.04 Å². The van der Waals surface area contributed by atoms with Crippen molar-refractivity contribution in [2.24, 2.45) is 5.92 Å². The molecule has 1 aliphatic rings. The molecule has 0 aromatic rings. The van der Waals surface area contributed by atoms with Crippen LogP contribution in [0.3, 0.4) is 0 Å². The summed E-state index contributed by atoms with van der Waals surface area (Å²) >= 11 is 0. The van der Waals surface area contributed by atoms with Gasteiger partial charge in [-0.25, -0.2) is 0 Å². The van der Waals surface area contributed by atoms with Crippen molar-refractivity contribution >= 4 is 0 Å². The first-order chi connectivity index (χ1) is 8.58. The van der Waals surface area contributed by atoms with E-state index in [2.05, 4.69) is 42.9 Å². The maximum atomic E-state index is 3.64. The predicted molar refractivity (Wildman–Crippen MR) is 80.1 cm³/mol. The van der Waals surface area contributed by atoms with Gasteiger partial charge in [0.15, 0.2) is 0 Å². The summed E-state index contributed by atoms with van der Waals surface area (Å²) in [4.78, 5) is 5.07. The molecule has 1 aliphatic heterocycles. The summed E-state index contributed by atoms with van der Waals surface area (Å²) in [6.45, 7) is 14.4. The van der Waals surface area contributed by atoms with Crippen molar-refractivity contribution in [3.63, 3.8) is 0 Å². The second kappa shape index (κ2) is 8.89. The fourth-order valence-electron chi connectivity index (χ4n) is 2.77. The summed E-state index contributed by atoms with van der Waals surface area (Å²) in [5.41, 5.74) is 0. The van der Waals surface area contributed by atoms with Gasteiger partial charge in [0, 0.05) is 19.1 Å². The largest absolute Gasteiger partial charge is 0.314 e. The zero-order chi connectivity index (χ0) is 13.4. The highest BCUT2D eigenvalue weighted by atomic mass is 15.2. The SMILES string of the molecule is CC(C)C[C@@H](C)NCCCN1CCCN(C)CC1. The monoisotopic (exact) mass is 255 g/mol. The number of nitrogens with one attached hydrogen (secondary N) is 1. The average Bonchev–Trinajstić information content (AvgIpc) is 2.49. The summed E-state index contributed by atoms with van der Waals surface area (Å²) < 4.78 is 0. The van der Waals surface area contributed by atoms with Gasteiger partial charge in [-0.1, -0.05) is 13.8 Å². The summed E-state index contributed by atoms with van der Waals surface area (Å²) in [6.07, 6.45) is 3.90. The van der Waals surface area contributed by atoms with Gasteiger partial charge < -0.3 is 15.1 Å². The maximum absolute atomic E-state index is 3.64. The molecule has 0 saturated carbocycles. The number of rotatable bonds is 7. The summed E-state index contributed by atoms with van der Waals surface area (Å²) in [7, 11) is 2.23. The van der Waals surface area contributed by atoms with E-state index in [1.54, 1.807) is 0 Å². The molecular formula is C15H33N3. The second-order valence-corrected chi connectivity index (χ2v) is 6.34. The zero-order valence-corrected chi connectivity index (χ0v) is 12.9. The molecule has 0 aromatic carbocycles. The Morgan fingerprint density at radius 3 is 2.56 bits per heavy atom. The van der Waals surface area contributed by atoms with Gasteiger partial charge in [-0.2, -0.15) is 0 Å². The van der Waals surface area contributed by atoms with Crippen molar-refractivity contribution in [2.75, 3.05) is 46.3 Å². The lowest BCUT2D eigenvalue weighted by Gasteiger charge is -2.21. The van der Waals surface area contributed by atoms with Crippen LogP contribution in [0.15, 0.2) is 0 Å². The molecule has 108 valence electrons. The van der Waals surface area contributed by atoms with Crippen LogP contribution >= 0.6 is 0 Å². The maximum Gasteiger partial charge on any atom is 0.0109 e. The van der Waals surface area contributed by atoms with E-state index in [1.807, 2.05) is 0 Å². The molecule has 1 rings (SSSR count). The first-order valence-corrected chi connectivity index (χ1v) is 7.72. The van der Waals surface area contributed by atoms with E-state index < -0.39 is 0 Å². The number of likely N-dealkylation sites (N-methyl/N-ethyl adjacent to an activating group) is 1. The van der Waals surface area contributed by atoms with Gasteiger partial charge in [0.2, 0.25) is 0 Å². The van der Waals surface area contributed by atoms with E-state index in [1.165, 1.54) is 58.5 Å². The summed E-state index contributed by atoms with van der Waals surface area (Å²) in [6, 6.07) is 0.667. The molecule has 1 saturated heterocycles. The lowest BCUT2D eigenvalue weighted by Crippen LogP contribution is -2.33. The van der Waals surface area contributed by atoms with Crippen molar-refractivity contribution in [3.05, 3.63) is 0 Å². The van der Waals surface area contributed by atoms with Crippen LogP contribution in [0, 0.1) is 5.92 Å². The van der Waals surface area contributed by atoms with Gasteiger partial charge in [-0.05, 0) is 65.3 Å². The molecule has 1 fully saturated rings.